The van der Waals surface area contributed by atoms with Gasteiger partial charge in [0.15, 0.2) is 0 Å². The Morgan fingerprint density at radius 1 is 1.20 bits per heavy atom. The molecule has 2 aromatic rings. The highest BCUT2D eigenvalue weighted by atomic mass is 35.5. The van der Waals surface area contributed by atoms with E-state index < -0.39 is 23.9 Å². The minimum absolute atomic E-state index is 0.0743. The number of ether oxygens (including phenoxy) is 1. The summed E-state index contributed by atoms with van der Waals surface area (Å²) in [5, 5.41) is 6.59. The van der Waals surface area contributed by atoms with Gasteiger partial charge in [-0.15, -0.1) is 0 Å². The molecule has 2 N–H and O–H groups in total. The first kappa shape index (κ1) is 20.3. The van der Waals surface area contributed by atoms with E-state index in [1.165, 1.54) is 4.90 Å². The standard InChI is InChI=1S/C21H17Cl2N3O4/c1-11-14(23)3-2-4-15(11)24-17(27)9-26-16-10-30-20(28)18(16)19(25-21(26)29)12-5-7-13(22)8-6-12/h2-8,19H,9-10H2,1H3,(H,24,27)(H,25,29). The predicted octanol–water partition coefficient (Wildman–Crippen LogP) is 3.82. The van der Waals surface area contributed by atoms with Crippen molar-refractivity contribution in [1.29, 1.82) is 0 Å². The van der Waals surface area contributed by atoms with Crippen LogP contribution in [0, 0.1) is 6.92 Å². The van der Waals surface area contributed by atoms with E-state index in [9.17, 15) is 14.4 Å². The zero-order chi connectivity index (χ0) is 21.4. The van der Waals surface area contributed by atoms with Gasteiger partial charge in [0.2, 0.25) is 5.91 Å². The fourth-order valence-electron chi connectivity index (χ4n) is 3.46. The number of urea groups is 1. The van der Waals surface area contributed by atoms with Crippen molar-refractivity contribution in [2.75, 3.05) is 18.5 Å². The lowest BCUT2D eigenvalue weighted by Crippen LogP contribution is -2.49. The fraction of sp³-hybridized carbons (Fsp3) is 0.190. The molecule has 9 heteroatoms. The maximum absolute atomic E-state index is 12.8. The van der Waals surface area contributed by atoms with E-state index >= 15 is 0 Å². The van der Waals surface area contributed by atoms with E-state index in [1.54, 1.807) is 49.4 Å². The Balaban J connectivity index is 1.60. The Morgan fingerprint density at radius 2 is 1.93 bits per heavy atom. The van der Waals surface area contributed by atoms with Gasteiger partial charge in [0.25, 0.3) is 0 Å². The highest BCUT2D eigenvalue weighted by molar-refractivity contribution is 6.31. The average Bonchev–Trinajstić information content (AvgIpc) is 3.10. The summed E-state index contributed by atoms with van der Waals surface area (Å²) in [7, 11) is 0. The van der Waals surface area contributed by atoms with Crippen molar-refractivity contribution in [3.63, 3.8) is 0 Å². The van der Waals surface area contributed by atoms with Crippen molar-refractivity contribution >= 4 is 46.8 Å². The van der Waals surface area contributed by atoms with Gasteiger partial charge in [-0.25, -0.2) is 9.59 Å². The van der Waals surface area contributed by atoms with Gasteiger partial charge in [-0.1, -0.05) is 41.4 Å². The minimum Gasteiger partial charge on any atom is -0.456 e. The van der Waals surface area contributed by atoms with E-state index in [-0.39, 0.29) is 13.2 Å². The normalized spacial score (nSPS) is 18.1. The third-order valence-corrected chi connectivity index (χ3v) is 5.71. The number of amides is 3. The van der Waals surface area contributed by atoms with Crippen LogP contribution >= 0.6 is 23.2 Å². The molecule has 2 aliphatic heterocycles. The largest absolute Gasteiger partial charge is 0.456 e. The number of nitrogens with one attached hydrogen (secondary N) is 2. The lowest BCUT2D eigenvalue weighted by Gasteiger charge is -2.32. The molecule has 7 nitrogen and oxygen atoms in total. The molecule has 2 aliphatic rings. The molecular weight excluding hydrogens is 429 g/mol. The summed E-state index contributed by atoms with van der Waals surface area (Å²) in [5.41, 5.74) is 2.65. The maximum Gasteiger partial charge on any atom is 0.338 e. The summed E-state index contributed by atoms with van der Waals surface area (Å²) in [5.74, 6) is -0.951. The topological polar surface area (TPSA) is 87.7 Å². The number of carbonyl (C=O) groups excluding carboxylic acids is 3. The number of carbonyl (C=O) groups is 3. The molecule has 1 unspecified atom stereocenters. The Kier molecular flexibility index (Phi) is 5.40. The van der Waals surface area contributed by atoms with Gasteiger partial charge >= 0.3 is 12.0 Å². The number of hydrogen-bond acceptors (Lipinski definition) is 4. The Labute approximate surface area is 182 Å². The van der Waals surface area contributed by atoms with Crippen molar-refractivity contribution in [2.45, 2.75) is 13.0 Å². The molecule has 0 radical (unpaired) electrons. The van der Waals surface area contributed by atoms with Gasteiger partial charge in [0.1, 0.15) is 13.2 Å². The van der Waals surface area contributed by atoms with Gasteiger partial charge in [0, 0.05) is 15.7 Å². The third-order valence-electron chi connectivity index (χ3n) is 5.05. The Bertz CT molecular complexity index is 1080. The van der Waals surface area contributed by atoms with Gasteiger partial charge in [-0.3, -0.25) is 9.69 Å². The quantitative estimate of drug-likeness (QED) is 0.700. The number of rotatable bonds is 4. The number of anilines is 1. The number of nitrogens with zero attached hydrogens (tertiary/aromatic N) is 1. The summed E-state index contributed by atoms with van der Waals surface area (Å²) >= 11 is 12.0. The SMILES string of the molecule is Cc1c(Cl)cccc1NC(=O)CN1C(=O)NC(c2ccc(Cl)cc2)C2=C1COC2=O. The van der Waals surface area contributed by atoms with Crippen LogP contribution in [-0.2, 0) is 14.3 Å². The van der Waals surface area contributed by atoms with Crippen LogP contribution in [0.15, 0.2) is 53.7 Å². The maximum atomic E-state index is 12.8. The van der Waals surface area contributed by atoms with Crippen molar-refractivity contribution in [1.82, 2.24) is 10.2 Å². The molecule has 0 aliphatic carbocycles. The molecule has 4 rings (SSSR count). The molecule has 30 heavy (non-hydrogen) atoms. The second kappa shape index (κ2) is 8.01. The van der Waals surface area contributed by atoms with Crippen LogP contribution in [0.3, 0.4) is 0 Å². The molecule has 0 fully saturated rings. The van der Waals surface area contributed by atoms with Crippen LogP contribution in [0.1, 0.15) is 17.2 Å². The first-order chi connectivity index (χ1) is 14.3. The number of esters is 1. The predicted molar refractivity (Wildman–Crippen MR) is 112 cm³/mol. The Hall–Kier alpha value is -3.03. The zero-order valence-corrected chi connectivity index (χ0v) is 17.4. The molecule has 2 aromatic carbocycles. The number of benzene rings is 2. The highest BCUT2D eigenvalue weighted by Crippen LogP contribution is 2.35. The summed E-state index contributed by atoms with van der Waals surface area (Å²) in [6.07, 6.45) is 0. The molecule has 3 amide bonds. The average molecular weight is 446 g/mol. The molecule has 0 spiro atoms. The van der Waals surface area contributed by atoms with Gasteiger partial charge < -0.3 is 15.4 Å². The van der Waals surface area contributed by atoms with E-state index in [2.05, 4.69) is 10.6 Å². The molecule has 1 atom stereocenters. The second-order valence-corrected chi connectivity index (χ2v) is 7.76. The monoisotopic (exact) mass is 445 g/mol. The molecule has 154 valence electrons. The molecule has 0 saturated carbocycles. The summed E-state index contributed by atoms with van der Waals surface area (Å²) < 4.78 is 5.17. The van der Waals surface area contributed by atoms with Crippen molar-refractivity contribution in [2.24, 2.45) is 0 Å². The number of halogens is 2. The van der Waals surface area contributed by atoms with E-state index in [4.69, 9.17) is 27.9 Å². The molecule has 0 bridgehead atoms. The molecular formula is C21H17Cl2N3O4. The van der Waals surface area contributed by atoms with Crippen molar-refractivity contribution in [3.05, 3.63) is 74.9 Å². The van der Waals surface area contributed by atoms with Crippen molar-refractivity contribution < 1.29 is 19.1 Å². The van der Waals surface area contributed by atoms with Crippen LogP contribution in [0.5, 0.6) is 0 Å². The smallest absolute Gasteiger partial charge is 0.338 e. The Morgan fingerprint density at radius 3 is 2.67 bits per heavy atom. The highest BCUT2D eigenvalue weighted by Gasteiger charge is 2.42. The van der Waals surface area contributed by atoms with E-state index in [0.717, 1.165) is 5.56 Å². The third kappa shape index (κ3) is 3.74. The van der Waals surface area contributed by atoms with E-state index in [1.807, 2.05) is 0 Å². The molecule has 2 heterocycles. The summed E-state index contributed by atoms with van der Waals surface area (Å²) in [6.45, 7) is 1.43. The molecule has 0 aromatic heterocycles. The summed E-state index contributed by atoms with van der Waals surface area (Å²) in [6, 6.07) is 10.8. The van der Waals surface area contributed by atoms with Crippen LogP contribution in [-0.4, -0.2) is 36.0 Å². The first-order valence-corrected chi connectivity index (χ1v) is 9.89. The molecule has 0 saturated heterocycles. The lowest BCUT2D eigenvalue weighted by molar-refractivity contribution is -0.136. The van der Waals surface area contributed by atoms with Gasteiger partial charge in [-0.2, -0.15) is 0 Å². The second-order valence-electron chi connectivity index (χ2n) is 6.92. The minimum atomic E-state index is -0.672. The lowest BCUT2D eigenvalue weighted by atomic mass is 9.96. The van der Waals surface area contributed by atoms with Gasteiger partial charge in [0.05, 0.1) is 17.3 Å². The summed E-state index contributed by atoms with van der Waals surface area (Å²) in [4.78, 5) is 39.0. The van der Waals surface area contributed by atoms with Crippen LogP contribution < -0.4 is 10.6 Å². The first-order valence-electron chi connectivity index (χ1n) is 9.14. The van der Waals surface area contributed by atoms with Crippen molar-refractivity contribution in [3.8, 4) is 0 Å². The number of hydrogen-bond donors (Lipinski definition) is 2. The van der Waals surface area contributed by atoms with E-state index in [0.29, 0.717) is 32.6 Å². The van der Waals surface area contributed by atoms with Crippen LogP contribution in [0.25, 0.3) is 0 Å². The fourth-order valence-corrected chi connectivity index (χ4v) is 3.76. The zero-order valence-electron chi connectivity index (χ0n) is 15.9. The van der Waals surface area contributed by atoms with Crippen LogP contribution in [0.2, 0.25) is 10.0 Å². The van der Waals surface area contributed by atoms with Crippen LogP contribution in [0.4, 0.5) is 10.5 Å². The van der Waals surface area contributed by atoms with Gasteiger partial charge in [-0.05, 0) is 42.3 Å². The number of cyclic esters (lactones) is 1.